The molecule has 1 heterocycles. The molecule has 14 heavy (non-hydrogen) atoms. The molecule has 1 aromatic carbocycles. The molecule has 2 aromatic rings. The van der Waals surface area contributed by atoms with E-state index >= 15 is 0 Å². The highest BCUT2D eigenvalue weighted by Crippen LogP contribution is 2.22. The minimum absolute atomic E-state index is 0. The Hall–Kier alpha value is -0.640. The van der Waals surface area contributed by atoms with Gasteiger partial charge in [0.2, 0.25) is 0 Å². The van der Waals surface area contributed by atoms with Crippen molar-refractivity contribution in [2.75, 3.05) is 0 Å². The maximum Gasteiger partial charge on any atom is 0.0582 e. The average molecular weight is 229 g/mol. The van der Waals surface area contributed by atoms with Crippen molar-refractivity contribution in [3.8, 4) is 0 Å². The van der Waals surface area contributed by atoms with Gasteiger partial charge in [0.1, 0.15) is 0 Å². The Labute approximate surface area is 93.7 Å². The Morgan fingerprint density at radius 1 is 1.50 bits per heavy atom. The Morgan fingerprint density at radius 3 is 3.00 bits per heavy atom. The van der Waals surface area contributed by atoms with Crippen LogP contribution in [0.25, 0.3) is 10.1 Å². The van der Waals surface area contributed by atoms with Crippen molar-refractivity contribution in [3.63, 3.8) is 0 Å². The minimum atomic E-state index is 0. The molecule has 0 amide bonds. The Bertz CT molecular complexity index is 411. The molecular formula is C10H13ClN2S. The molecule has 1 aromatic heterocycles. The molecule has 0 saturated carbocycles. The SMILES string of the molecule is CC(N)Cc1cccc2cnsc12.Cl. The van der Waals surface area contributed by atoms with E-state index < -0.39 is 0 Å². The van der Waals surface area contributed by atoms with Gasteiger partial charge in [0, 0.05) is 17.6 Å². The lowest BCUT2D eigenvalue weighted by molar-refractivity contribution is 0.742. The number of hydrogen-bond donors (Lipinski definition) is 1. The van der Waals surface area contributed by atoms with Crippen molar-refractivity contribution in [1.82, 2.24) is 4.37 Å². The van der Waals surface area contributed by atoms with Crippen molar-refractivity contribution in [1.29, 1.82) is 0 Å². The fourth-order valence-corrected chi connectivity index (χ4v) is 2.23. The number of hydrogen-bond acceptors (Lipinski definition) is 3. The van der Waals surface area contributed by atoms with Crippen LogP contribution < -0.4 is 5.73 Å². The molecule has 1 atom stereocenters. The van der Waals surface area contributed by atoms with E-state index in [-0.39, 0.29) is 18.4 Å². The largest absolute Gasteiger partial charge is 0.328 e. The molecule has 2 N–H and O–H groups in total. The van der Waals surface area contributed by atoms with Crippen molar-refractivity contribution >= 4 is 34.0 Å². The molecule has 2 nitrogen and oxygen atoms in total. The van der Waals surface area contributed by atoms with Crippen LogP contribution in [0.4, 0.5) is 0 Å². The first kappa shape index (κ1) is 11.4. The third-order valence-corrected chi connectivity index (χ3v) is 2.90. The summed E-state index contributed by atoms with van der Waals surface area (Å²) >= 11 is 1.55. The molecule has 1 unspecified atom stereocenters. The lowest BCUT2D eigenvalue weighted by atomic mass is 10.1. The molecular weight excluding hydrogens is 216 g/mol. The summed E-state index contributed by atoms with van der Waals surface area (Å²) in [4.78, 5) is 0. The third kappa shape index (κ3) is 2.23. The zero-order valence-electron chi connectivity index (χ0n) is 7.93. The van der Waals surface area contributed by atoms with Crippen LogP contribution in [0.5, 0.6) is 0 Å². The van der Waals surface area contributed by atoms with Gasteiger partial charge in [0.25, 0.3) is 0 Å². The Balaban J connectivity index is 0.000000980. The normalized spacial score (nSPS) is 12.4. The van der Waals surface area contributed by atoms with Gasteiger partial charge in [-0.3, -0.25) is 0 Å². The van der Waals surface area contributed by atoms with Gasteiger partial charge in [0.15, 0.2) is 0 Å². The van der Waals surface area contributed by atoms with E-state index in [0.29, 0.717) is 0 Å². The van der Waals surface area contributed by atoms with Crippen LogP contribution >= 0.6 is 23.9 Å². The van der Waals surface area contributed by atoms with Gasteiger partial charge >= 0.3 is 0 Å². The average Bonchev–Trinajstić information content (AvgIpc) is 2.51. The quantitative estimate of drug-likeness (QED) is 0.858. The predicted octanol–water partition coefficient (Wildman–Crippen LogP) is 2.61. The van der Waals surface area contributed by atoms with E-state index in [0.717, 1.165) is 6.42 Å². The smallest absolute Gasteiger partial charge is 0.0582 e. The summed E-state index contributed by atoms with van der Waals surface area (Å²) < 4.78 is 5.45. The summed E-state index contributed by atoms with van der Waals surface area (Å²) in [5, 5.41) is 1.23. The van der Waals surface area contributed by atoms with Crippen LogP contribution in [0.1, 0.15) is 12.5 Å². The van der Waals surface area contributed by atoms with Gasteiger partial charge < -0.3 is 5.73 Å². The van der Waals surface area contributed by atoms with Crippen LogP contribution in [0.2, 0.25) is 0 Å². The number of rotatable bonds is 2. The number of nitrogens with two attached hydrogens (primary N) is 1. The summed E-state index contributed by atoms with van der Waals surface area (Å²) in [5.41, 5.74) is 7.08. The third-order valence-electron chi connectivity index (χ3n) is 2.00. The molecule has 0 aliphatic heterocycles. The molecule has 0 saturated heterocycles. The lowest BCUT2D eigenvalue weighted by Crippen LogP contribution is -2.17. The highest BCUT2D eigenvalue weighted by molar-refractivity contribution is 7.13. The first-order chi connectivity index (χ1) is 6.27. The molecule has 0 fully saturated rings. The number of halogens is 1. The zero-order chi connectivity index (χ0) is 9.26. The van der Waals surface area contributed by atoms with Crippen LogP contribution in [0.3, 0.4) is 0 Å². The summed E-state index contributed by atoms with van der Waals surface area (Å²) in [6, 6.07) is 6.50. The molecule has 2 rings (SSSR count). The maximum absolute atomic E-state index is 5.77. The topological polar surface area (TPSA) is 38.9 Å². The lowest BCUT2D eigenvalue weighted by Gasteiger charge is -2.05. The molecule has 0 aliphatic rings. The van der Waals surface area contributed by atoms with E-state index in [4.69, 9.17) is 5.73 Å². The molecule has 0 spiro atoms. The standard InChI is InChI=1S/C10H12N2S.ClH/c1-7(11)5-8-3-2-4-9-6-12-13-10(8)9;/h2-4,6-7H,5,11H2,1H3;1H. The molecule has 76 valence electrons. The van der Waals surface area contributed by atoms with Gasteiger partial charge in [-0.15, -0.1) is 12.4 Å². The molecule has 0 radical (unpaired) electrons. The van der Waals surface area contributed by atoms with Crippen LogP contribution in [-0.4, -0.2) is 10.4 Å². The maximum atomic E-state index is 5.77. The first-order valence-corrected chi connectivity index (χ1v) is 5.12. The van der Waals surface area contributed by atoms with Gasteiger partial charge in [-0.2, -0.15) is 4.37 Å². The van der Waals surface area contributed by atoms with E-state index in [9.17, 15) is 0 Å². The van der Waals surface area contributed by atoms with E-state index in [1.165, 1.54) is 15.6 Å². The monoisotopic (exact) mass is 228 g/mol. The summed E-state index contributed by atoms with van der Waals surface area (Å²) in [5.74, 6) is 0. The highest BCUT2D eigenvalue weighted by Gasteiger charge is 2.04. The van der Waals surface area contributed by atoms with E-state index in [2.05, 4.69) is 22.6 Å². The first-order valence-electron chi connectivity index (χ1n) is 4.35. The minimum Gasteiger partial charge on any atom is -0.328 e. The fraction of sp³-hybridized carbons (Fsp3) is 0.300. The van der Waals surface area contributed by atoms with Crippen LogP contribution in [0, 0.1) is 0 Å². The van der Waals surface area contributed by atoms with Crippen molar-refractivity contribution in [3.05, 3.63) is 30.0 Å². The number of fused-ring (bicyclic) bond motifs is 1. The van der Waals surface area contributed by atoms with E-state index in [1.807, 2.05) is 13.1 Å². The van der Waals surface area contributed by atoms with Crippen molar-refractivity contribution in [2.24, 2.45) is 5.73 Å². The molecule has 0 aliphatic carbocycles. The number of aromatic nitrogens is 1. The Kier molecular flexibility index (Phi) is 3.86. The number of nitrogens with zero attached hydrogens (tertiary/aromatic N) is 1. The number of benzene rings is 1. The van der Waals surface area contributed by atoms with Crippen LogP contribution in [0.15, 0.2) is 24.4 Å². The highest BCUT2D eigenvalue weighted by atomic mass is 35.5. The van der Waals surface area contributed by atoms with E-state index in [1.54, 1.807) is 11.5 Å². The zero-order valence-corrected chi connectivity index (χ0v) is 9.57. The molecule has 4 heteroatoms. The second kappa shape index (κ2) is 4.73. The van der Waals surface area contributed by atoms with Crippen molar-refractivity contribution in [2.45, 2.75) is 19.4 Å². The second-order valence-electron chi connectivity index (χ2n) is 3.34. The van der Waals surface area contributed by atoms with Gasteiger partial charge in [-0.1, -0.05) is 18.2 Å². The summed E-state index contributed by atoms with van der Waals surface area (Å²) in [7, 11) is 0. The van der Waals surface area contributed by atoms with Crippen molar-refractivity contribution < 1.29 is 0 Å². The van der Waals surface area contributed by atoms with Crippen LogP contribution in [-0.2, 0) is 6.42 Å². The van der Waals surface area contributed by atoms with Gasteiger partial charge in [-0.05, 0) is 30.4 Å². The summed E-state index contributed by atoms with van der Waals surface area (Å²) in [6.45, 7) is 2.03. The predicted molar refractivity (Wildman–Crippen MR) is 64.2 cm³/mol. The summed E-state index contributed by atoms with van der Waals surface area (Å²) in [6.07, 6.45) is 2.84. The fourth-order valence-electron chi connectivity index (χ4n) is 1.46. The van der Waals surface area contributed by atoms with Gasteiger partial charge in [0.05, 0.1) is 4.70 Å². The Morgan fingerprint density at radius 2 is 2.29 bits per heavy atom. The molecule has 0 bridgehead atoms. The van der Waals surface area contributed by atoms with Gasteiger partial charge in [-0.25, -0.2) is 0 Å². The second-order valence-corrected chi connectivity index (χ2v) is 4.14.